The molecule has 0 spiro atoms. The molecule has 3 heteroatoms. The first-order valence-corrected chi connectivity index (χ1v) is 7.89. The minimum atomic E-state index is 0.154. The Balaban J connectivity index is 1.85. The fourth-order valence-electron chi connectivity index (χ4n) is 2.85. The molecule has 0 heterocycles. The molecule has 2 rings (SSSR count). The van der Waals surface area contributed by atoms with Gasteiger partial charge >= 0.3 is 0 Å². The Labute approximate surface area is 122 Å². The maximum Gasteiger partial charge on any atom is 0.221 e. The van der Waals surface area contributed by atoms with Gasteiger partial charge in [-0.1, -0.05) is 37.6 Å². The third kappa shape index (κ3) is 4.34. The summed E-state index contributed by atoms with van der Waals surface area (Å²) in [5, 5.41) is 6.49. The zero-order valence-corrected chi connectivity index (χ0v) is 12.5. The van der Waals surface area contributed by atoms with Crippen LogP contribution in [0.5, 0.6) is 0 Å². The standard InChI is InChI=1S/C17H26N2O/c1-2-12-19-17(20)11-13-18-16-10-6-4-8-14-7-3-5-9-15(14)16/h3,5,7,9,16,18H,2,4,6,8,10-13H2,1H3,(H,19,20). The highest BCUT2D eigenvalue weighted by molar-refractivity contribution is 5.75. The normalized spacial score (nSPS) is 18.1. The van der Waals surface area contributed by atoms with Crippen molar-refractivity contribution in [3.8, 4) is 0 Å². The van der Waals surface area contributed by atoms with Gasteiger partial charge in [-0.25, -0.2) is 0 Å². The number of hydrogen-bond donors (Lipinski definition) is 2. The SMILES string of the molecule is CCCNC(=O)CCNC1CCCCc2ccccc21. The van der Waals surface area contributed by atoms with Gasteiger partial charge in [0, 0.05) is 25.6 Å². The van der Waals surface area contributed by atoms with Gasteiger partial charge < -0.3 is 10.6 Å². The minimum absolute atomic E-state index is 0.154. The molecule has 0 fully saturated rings. The Hall–Kier alpha value is -1.35. The number of benzene rings is 1. The lowest BCUT2D eigenvalue weighted by Crippen LogP contribution is -2.30. The second-order valence-electron chi connectivity index (χ2n) is 5.55. The number of fused-ring (bicyclic) bond motifs is 1. The van der Waals surface area contributed by atoms with E-state index in [1.54, 1.807) is 0 Å². The predicted octanol–water partition coefficient (Wildman–Crippen LogP) is 2.96. The van der Waals surface area contributed by atoms with E-state index >= 15 is 0 Å². The third-order valence-corrected chi connectivity index (χ3v) is 3.93. The summed E-state index contributed by atoms with van der Waals surface area (Å²) in [6.45, 7) is 3.61. The maximum atomic E-state index is 11.6. The van der Waals surface area contributed by atoms with Gasteiger partial charge in [-0.2, -0.15) is 0 Å². The van der Waals surface area contributed by atoms with E-state index in [-0.39, 0.29) is 5.91 Å². The van der Waals surface area contributed by atoms with Crippen LogP contribution in [0, 0.1) is 0 Å². The average molecular weight is 274 g/mol. The van der Waals surface area contributed by atoms with Crippen molar-refractivity contribution in [3.63, 3.8) is 0 Å². The van der Waals surface area contributed by atoms with Crippen molar-refractivity contribution in [2.75, 3.05) is 13.1 Å². The van der Waals surface area contributed by atoms with E-state index in [1.807, 2.05) is 0 Å². The molecule has 0 radical (unpaired) electrons. The van der Waals surface area contributed by atoms with Gasteiger partial charge in [0.2, 0.25) is 5.91 Å². The second kappa shape index (κ2) is 8.05. The van der Waals surface area contributed by atoms with Crippen molar-refractivity contribution in [2.45, 2.75) is 51.5 Å². The number of aryl methyl sites for hydroxylation is 1. The quantitative estimate of drug-likeness (QED) is 0.783. The Morgan fingerprint density at radius 2 is 2.10 bits per heavy atom. The van der Waals surface area contributed by atoms with Crippen LogP contribution in [-0.2, 0) is 11.2 Å². The molecule has 0 aliphatic heterocycles. The lowest BCUT2D eigenvalue weighted by Gasteiger charge is -2.19. The van der Waals surface area contributed by atoms with E-state index in [4.69, 9.17) is 0 Å². The Bertz CT molecular complexity index is 431. The van der Waals surface area contributed by atoms with Crippen LogP contribution in [0.4, 0.5) is 0 Å². The summed E-state index contributed by atoms with van der Waals surface area (Å²) < 4.78 is 0. The molecule has 0 saturated carbocycles. The highest BCUT2D eigenvalue weighted by Crippen LogP contribution is 2.28. The summed E-state index contributed by atoms with van der Waals surface area (Å²) in [6, 6.07) is 9.12. The molecule has 1 aromatic rings. The summed E-state index contributed by atoms with van der Waals surface area (Å²) >= 11 is 0. The van der Waals surface area contributed by atoms with E-state index in [9.17, 15) is 4.79 Å². The fraction of sp³-hybridized carbons (Fsp3) is 0.588. The molecule has 1 aliphatic carbocycles. The van der Waals surface area contributed by atoms with Crippen LogP contribution in [0.15, 0.2) is 24.3 Å². The highest BCUT2D eigenvalue weighted by atomic mass is 16.1. The van der Waals surface area contributed by atoms with Gasteiger partial charge in [0.15, 0.2) is 0 Å². The monoisotopic (exact) mass is 274 g/mol. The van der Waals surface area contributed by atoms with Gasteiger partial charge in [-0.3, -0.25) is 4.79 Å². The Kier molecular flexibility index (Phi) is 6.06. The molecule has 0 bridgehead atoms. The van der Waals surface area contributed by atoms with Crippen LogP contribution in [0.25, 0.3) is 0 Å². The van der Waals surface area contributed by atoms with Crippen LogP contribution in [0.2, 0.25) is 0 Å². The first-order valence-electron chi connectivity index (χ1n) is 7.89. The Morgan fingerprint density at radius 1 is 1.25 bits per heavy atom. The summed E-state index contributed by atoms with van der Waals surface area (Å²) in [5.41, 5.74) is 2.90. The molecule has 0 aromatic heterocycles. The van der Waals surface area contributed by atoms with Crippen molar-refractivity contribution in [1.29, 1.82) is 0 Å². The van der Waals surface area contributed by atoms with Gasteiger partial charge in [-0.05, 0) is 36.8 Å². The van der Waals surface area contributed by atoms with E-state index in [2.05, 4.69) is 41.8 Å². The van der Waals surface area contributed by atoms with Gasteiger partial charge in [-0.15, -0.1) is 0 Å². The van der Waals surface area contributed by atoms with E-state index < -0.39 is 0 Å². The fourth-order valence-corrected chi connectivity index (χ4v) is 2.85. The molecule has 0 saturated heterocycles. The topological polar surface area (TPSA) is 41.1 Å². The zero-order chi connectivity index (χ0) is 14.2. The third-order valence-electron chi connectivity index (χ3n) is 3.93. The second-order valence-corrected chi connectivity index (χ2v) is 5.55. The largest absolute Gasteiger partial charge is 0.356 e. The van der Waals surface area contributed by atoms with Crippen LogP contribution in [-0.4, -0.2) is 19.0 Å². The number of amides is 1. The first-order chi connectivity index (χ1) is 9.81. The van der Waals surface area contributed by atoms with Crippen LogP contribution >= 0.6 is 0 Å². The minimum Gasteiger partial charge on any atom is -0.356 e. The van der Waals surface area contributed by atoms with E-state index in [1.165, 1.54) is 36.8 Å². The smallest absolute Gasteiger partial charge is 0.221 e. The number of hydrogen-bond acceptors (Lipinski definition) is 2. The summed E-state index contributed by atoms with van der Waals surface area (Å²) in [5.74, 6) is 0.154. The predicted molar refractivity (Wildman–Crippen MR) is 82.7 cm³/mol. The number of carbonyl (C=O) groups is 1. The molecule has 1 unspecified atom stereocenters. The van der Waals surface area contributed by atoms with Crippen LogP contribution in [0.1, 0.15) is 56.2 Å². The molecule has 1 aromatic carbocycles. The molecule has 110 valence electrons. The van der Waals surface area contributed by atoms with Crippen LogP contribution in [0.3, 0.4) is 0 Å². The van der Waals surface area contributed by atoms with Crippen molar-refractivity contribution < 1.29 is 4.79 Å². The van der Waals surface area contributed by atoms with E-state index in [0.29, 0.717) is 12.5 Å². The van der Waals surface area contributed by atoms with Crippen LogP contribution < -0.4 is 10.6 Å². The van der Waals surface area contributed by atoms with Gasteiger partial charge in [0.05, 0.1) is 0 Å². The molecular weight excluding hydrogens is 248 g/mol. The molecule has 20 heavy (non-hydrogen) atoms. The first kappa shape index (κ1) is 15.0. The molecular formula is C17H26N2O. The number of carbonyl (C=O) groups excluding carboxylic acids is 1. The van der Waals surface area contributed by atoms with Crippen molar-refractivity contribution in [3.05, 3.63) is 35.4 Å². The van der Waals surface area contributed by atoms with Gasteiger partial charge in [0.1, 0.15) is 0 Å². The molecule has 3 nitrogen and oxygen atoms in total. The van der Waals surface area contributed by atoms with Gasteiger partial charge in [0.25, 0.3) is 0 Å². The summed E-state index contributed by atoms with van der Waals surface area (Å²) in [6.07, 6.45) is 6.45. The highest BCUT2D eigenvalue weighted by Gasteiger charge is 2.17. The maximum absolute atomic E-state index is 11.6. The molecule has 1 aliphatic rings. The lowest BCUT2D eigenvalue weighted by molar-refractivity contribution is -0.121. The molecule has 1 amide bonds. The van der Waals surface area contributed by atoms with Crippen molar-refractivity contribution in [1.82, 2.24) is 10.6 Å². The van der Waals surface area contributed by atoms with Crippen molar-refractivity contribution >= 4 is 5.91 Å². The van der Waals surface area contributed by atoms with E-state index in [0.717, 1.165) is 19.5 Å². The summed E-state index contributed by atoms with van der Waals surface area (Å²) in [4.78, 5) is 11.6. The number of nitrogens with one attached hydrogen (secondary N) is 2. The Morgan fingerprint density at radius 3 is 2.95 bits per heavy atom. The average Bonchev–Trinajstić information content (AvgIpc) is 2.68. The number of rotatable bonds is 6. The molecule has 1 atom stereocenters. The lowest BCUT2D eigenvalue weighted by atomic mass is 9.99. The zero-order valence-electron chi connectivity index (χ0n) is 12.5. The summed E-state index contributed by atoms with van der Waals surface area (Å²) in [7, 11) is 0. The van der Waals surface area contributed by atoms with Crippen molar-refractivity contribution in [2.24, 2.45) is 0 Å². The molecule has 2 N–H and O–H groups in total.